The maximum atomic E-state index is 7.75. The van der Waals surface area contributed by atoms with Crippen molar-refractivity contribution >= 4 is 118 Å². The third-order valence-electron chi connectivity index (χ3n) is 14.5. The maximum absolute atomic E-state index is 7.75. The van der Waals surface area contributed by atoms with E-state index in [0.717, 1.165) is 0 Å². The molecule has 0 heterocycles. The Hall–Kier alpha value is -5.12. The standard InChI is InChI=1S/3C25H22P2.CHO.3Pd/c3*1-5-13-22(14-6-1)26(23-15-7-2-8-16-23)21-27(24-17-9-3-10-18-24)25-19-11-4-12-20-25;1-2;;;/h3*1-20H,21H2;1H;;;/q;;;-1;;;+2/p+6. The van der Waals surface area contributed by atoms with E-state index in [1.54, 1.807) is 0 Å². The number of rotatable bonds is 18. The van der Waals surface area contributed by atoms with E-state index in [0.29, 0.717) is 0 Å². The molecular formula is C76H73OP6Pd3+7. The van der Waals surface area contributed by atoms with Crippen molar-refractivity contribution in [3.8, 4) is 0 Å². The molecule has 0 aliphatic rings. The molecule has 12 rings (SSSR count). The molecule has 0 saturated heterocycles. The molecule has 0 saturated carbocycles. The molecule has 12 aromatic carbocycles. The fourth-order valence-corrected chi connectivity index (χ4v) is 33.6. The van der Waals surface area contributed by atoms with Gasteiger partial charge in [0.15, 0.2) is 17.7 Å². The molecule has 0 aliphatic carbocycles. The second-order valence-corrected chi connectivity index (χ2v) is 36.7. The van der Waals surface area contributed by atoms with Gasteiger partial charge in [-0.15, -0.1) is 0 Å². The summed E-state index contributed by atoms with van der Waals surface area (Å²) in [7, 11) is -5.08. The van der Waals surface area contributed by atoms with Gasteiger partial charge in [0.2, 0.25) is 0 Å². The molecule has 86 heavy (non-hydrogen) atoms. The van der Waals surface area contributed by atoms with Crippen LogP contribution in [0, 0.1) is 0 Å². The van der Waals surface area contributed by atoms with Crippen molar-refractivity contribution in [2.75, 3.05) is 17.7 Å². The summed E-state index contributed by atoms with van der Waals surface area (Å²) in [5.74, 6) is 3.74. The van der Waals surface area contributed by atoms with Crippen molar-refractivity contribution < 1.29 is 66.1 Å². The summed E-state index contributed by atoms with van der Waals surface area (Å²) in [6.07, 6.45) is 0. The summed E-state index contributed by atoms with van der Waals surface area (Å²) in [5, 5.41) is 18.0. The van der Waals surface area contributed by atoms with Gasteiger partial charge in [-0.25, -0.2) is 0 Å². The first kappa shape index (κ1) is 70.0. The van der Waals surface area contributed by atoms with Crippen molar-refractivity contribution in [1.82, 2.24) is 0 Å². The predicted molar refractivity (Wildman–Crippen MR) is 384 cm³/mol. The van der Waals surface area contributed by atoms with Crippen LogP contribution in [0.2, 0.25) is 0 Å². The van der Waals surface area contributed by atoms with Crippen LogP contribution in [0.1, 0.15) is 0 Å². The van der Waals surface area contributed by atoms with Gasteiger partial charge in [-0.3, -0.25) is 6.79 Å². The van der Waals surface area contributed by atoms with E-state index in [1.807, 2.05) is 0 Å². The number of carbonyl (C=O) groups excluding carboxylic acids is 1. The molecule has 0 unspecified atom stereocenters. The minimum atomic E-state index is -0.847. The molecule has 0 aliphatic heterocycles. The van der Waals surface area contributed by atoms with Gasteiger partial charge in [0, 0.05) is 40.8 Å². The Bertz CT molecular complexity index is 2770. The Labute approximate surface area is 560 Å². The van der Waals surface area contributed by atoms with Crippen molar-refractivity contribution in [1.29, 1.82) is 0 Å². The number of hydrogen-bond acceptors (Lipinski definition) is 1. The zero-order valence-electron chi connectivity index (χ0n) is 47.7. The second-order valence-electron chi connectivity index (χ2n) is 19.8. The first-order chi connectivity index (χ1) is 41.2. The SMILES string of the molecule is [CH-]=O.[Pd+2].[Pd].[Pd].c1ccc([PH+](C[PH+](c2ccccc2)c2ccccc2)c2ccccc2)cc1.c1ccc([PH+](C[PH+](c2ccccc2)c2ccccc2)c2ccccc2)cc1.c1ccc([PH+](C[PH+](c2ccccc2)c2ccccc2)c2ccccc2)cc1. The predicted octanol–water partition coefficient (Wildman–Crippen LogP) is 13.7. The third-order valence-corrected chi connectivity index (χ3v) is 35.4. The van der Waals surface area contributed by atoms with Crippen molar-refractivity contribution in [2.24, 2.45) is 0 Å². The van der Waals surface area contributed by atoms with Gasteiger partial charge in [-0.05, 0) is 146 Å². The van der Waals surface area contributed by atoms with Crippen LogP contribution < -0.4 is 63.7 Å². The van der Waals surface area contributed by atoms with E-state index in [4.69, 9.17) is 4.79 Å². The molecule has 1 nitrogen and oxygen atoms in total. The Balaban J connectivity index is 0.000000200. The average molecular weight is 1510 g/mol. The van der Waals surface area contributed by atoms with Crippen LogP contribution >= 0.6 is 47.5 Å². The van der Waals surface area contributed by atoms with E-state index in [-0.39, 0.29) is 61.3 Å². The molecule has 0 aromatic heterocycles. The molecule has 0 atom stereocenters. The van der Waals surface area contributed by atoms with Gasteiger partial charge in [-0.2, -0.15) is 0 Å². The van der Waals surface area contributed by atoms with Crippen LogP contribution in [0.3, 0.4) is 0 Å². The summed E-state index contributed by atoms with van der Waals surface area (Å²) >= 11 is 0. The van der Waals surface area contributed by atoms with Crippen LogP contribution in [0.25, 0.3) is 0 Å². The Kier molecular flexibility index (Phi) is 32.3. The quantitative estimate of drug-likeness (QED) is 0.0362. The summed E-state index contributed by atoms with van der Waals surface area (Å²) < 4.78 is 0. The summed E-state index contributed by atoms with van der Waals surface area (Å²) in [6, 6.07) is 133. The fraction of sp³-hybridized carbons (Fsp3) is 0.0395. The first-order valence-electron chi connectivity index (χ1n) is 28.3. The monoisotopic (exact) mass is 1510 g/mol. The van der Waals surface area contributed by atoms with Crippen molar-refractivity contribution in [3.05, 3.63) is 364 Å². The molecule has 0 radical (unpaired) electrons. The minimum absolute atomic E-state index is 0. The van der Waals surface area contributed by atoms with Gasteiger partial charge in [0.05, 0.1) is 0 Å². The molecule has 0 fully saturated rings. The van der Waals surface area contributed by atoms with E-state index in [1.165, 1.54) is 81.4 Å². The molecular weight excluding hydrogens is 1430 g/mol. The largest absolute Gasteiger partial charge is 2.00 e. The molecule has 10 heteroatoms. The minimum Gasteiger partial charge on any atom is -0.545 e. The van der Waals surface area contributed by atoms with Gasteiger partial charge in [0.25, 0.3) is 0 Å². The second kappa shape index (κ2) is 39.7. The molecule has 0 amide bonds. The average Bonchev–Trinajstić information content (AvgIpc) is 3.57. The van der Waals surface area contributed by atoms with Crippen LogP contribution in [-0.4, -0.2) is 24.5 Å². The Morgan fingerprint density at radius 2 is 0.233 bits per heavy atom. The summed E-state index contributed by atoms with van der Waals surface area (Å²) in [4.78, 5) is 7.75. The van der Waals surface area contributed by atoms with Crippen LogP contribution in [0.4, 0.5) is 0 Å². The normalized spacial score (nSPS) is 10.4. The van der Waals surface area contributed by atoms with Gasteiger partial charge in [-0.1, -0.05) is 218 Å². The summed E-state index contributed by atoms with van der Waals surface area (Å²) in [6.45, 7) is 3.25. The van der Waals surface area contributed by atoms with Gasteiger partial charge >= 0.3 is 20.4 Å². The number of hydrogen-bond donors (Lipinski definition) is 0. The summed E-state index contributed by atoms with van der Waals surface area (Å²) in [5.41, 5.74) is 0. The zero-order chi connectivity index (χ0) is 56.9. The Morgan fingerprint density at radius 1 is 0.163 bits per heavy atom. The van der Waals surface area contributed by atoms with E-state index in [2.05, 4.69) is 371 Å². The topological polar surface area (TPSA) is 17.1 Å². The fourth-order valence-electron chi connectivity index (χ4n) is 10.4. The number of benzene rings is 12. The van der Waals surface area contributed by atoms with Crippen LogP contribution in [0.15, 0.2) is 364 Å². The molecule has 0 spiro atoms. The van der Waals surface area contributed by atoms with Crippen LogP contribution in [-0.2, 0) is 66.1 Å². The third kappa shape index (κ3) is 21.0. The van der Waals surface area contributed by atoms with Crippen molar-refractivity contribution in [3.63, 3.8) is 0 Å². The smallest absolute Gasteiger partial charge is 0.545 e. The van der Waals surface area contributed by atoms with Crippen LogP contribution in [0.5, 0.6) is 0 Å². The van der Waals surface area contributed by atoms with Gasteiger partial charge < -0.3 is 4.79 Å². The molecule has 436 valence electrons. The van der Waals surface area contributed by atoms with E-state index < -0.39 is 47.5 Å². The first-order valence-corrected chi connectivity index (χ1v) is 38.5. The molecule has 0 bridgehead atoms. The van der Waals surface area contributed by atoms with E-state index in [9.17, 15) is 0 Å². The maximum Gasteiger partial charge on any atom is 2.00 e. The zero-order valence-corrected chi connectivity index (χ0v) is 58.4. The Morgan fingerprint density at radius 3 is 0.302 bits per heavy atom. The molecule has 0 N–H and O–H groups in total. The van der Waals surface area contributed by atoms with Gasteiger partial charge in [0.1, 0.15) is 111 Å². The van der Waals surface area contributed by atoms with E-state index >= 15 is 0 Å². The van der Waals surface area contributed by atoms with Crippen molar-refractivity contribution in [2.45, 2.75) is 0 Å². The molecule has 12 aromatic rings.